The zero-order chi connectivity index (χ0) is 13.2. The van der Waals surface area contributed by atoms with Crippen molar-refractivity contribution in [1.29, 1.82) is 0 Å². The Hall–Kier alpha value is -1.35. The number of carboxylic acid groups (broad SMARTS) is 1. The summed E-state index contributed by atoms with van der Waals surface area (Å²) in [6.07, 6.45) is 5.53. The Morgan fingerprint density at radius 2 is 2.05 bits per heavy atom. The van der Waals surface area contributed by atoms with E-state index in [1.807, 2.05) is 6.07 Å². The molecule has 3 nitrogen and oxygen atoms in total. The van der Waals surface area contributed by atoms with Crippen molar-refractivity contribution in [2.24, 2.45) is 11.8 Å². The quantitative estimate of drug-likeness (QED) is 0.876. The van der Waals surface area contributed by atoms with Crippen molar-refractivity contribution in [3.8, 4) is 0 Å². The minimum absolute atomic E-state index is 0.327. The molecule has 1 aliphatic carbocycles. The normalized spacial score (nSPS) is 33.9. The highest BCUT2D eigenvalue weighted by Crippen LogP contribution is 2.38. The monoisotopic (exact) mass is 259 g/mol. The van der Waals surface area contributed by atoms with E-state index in [1.54, 1.807) is 0 Å². The van der Waals surface area contributed by atoms with Crippen LogP contribution in [0.25, 0.3) is 0 Å². The van der Waals surface area contributed by atoms with Gasteiger partial charge in [0.2, 0.25) is 0 Å². The number of nitrogens with one attached hydrogen (secondary N) is 1. The van der Waals surface area contributed by atoms with Crippen LogP contribution < -0.4 is 5.32 Å². The van der Waals surface area contributed by atoms with E-state index in [-0.39, 0.29) is 6.04 Å². The topological polar surface area (TPSA) is 49.3 Å². The molecule has 0 aromatic heterocycles. The summed E-state index contributed by atoms with van der Waals surface area (Å²) in [5.74, 6) is 0.460. The predicted octanol–water partition coefficient (Wildman–Crippen LogP) is 2.46. The van der Waals surface area contributed by atoms with Crippen molar-refractivity contribution < 1.29 is 9.90 Å². The van der Waals surface area contributed by atoms with Crippen LogP contribution in [0.2, 0.25) is 0 Å². The van der Waals surface area contributed by atoms with Gasteiger partial charge >= 0.3 is 5.97 Å². The summed E-state index contributed by atoms with van der Waals surface area (Å²) in [4.78, 5) is 11.1. The Kier molecular flexibility index (Phi) is 3.56. The standard InChI is InChI=1S/C16H21NO2/c18-16(19)14-10-13-8-4-7-12(15(13)17-14)9-11-5-2-1-3-6-11/h1-3,5-6,12-15,17H,4,7-10H2,(H,18,19)/t12-,13+,14-,15?/m0/s1. The first kappa shape index (κ1) is 12.7. The van der Waals surface area contributed by atoms with E-state index in [9.17, 15) is 9.90 Å². The molecule has 4 atom stereocenters. The van der Waals surface area contributed by atoms with Crippen LogP contribution in [-0.4, -0.2) is 23.2 Å². The molecular formula is C16H21NO2. The summed E-state index contributed by atoms with van der Waals surface area (Å²) in [5, 5.41) is 12.5. The average Bonchev–Trinajstić information content (AvgIpc) is 2.85. The van der Waals surface area contributed by atoms with Crippen LogP contribution in [0, 0.1) is 11.8 Å². The molecule has 1 aromatic carbocycles. The van der Waals surface area contributed by atoms with Gasteiger partial charge in [-0.25, -0.2) is 0 Å². The average molecular weight is 259 g/mol. The van der Waals surface area contributed by atoms with E-state index >= 15 is 0 Å². The zero-order valence-corrected chi connectivity index (χ0v) is 11.1. The highest BCUT2D eigenvalue weighted by atomic mass is 16.4. The molecule has 0 spiro atoms. The van der Waals surface area contributed by atoms with Gasteiger partial charge in [-0.1, -0.05) is 36.8 Å². The number of aliphatic carboxylic acids is 1. The first-order chi connectivity index (χ1) is 9.24. The molecule has 0 amide bonds. The van der Waals surface area contributed by atoms with Gasteiger partial charge in [0.15, 0.2) is 0 Å². The fourth-order valence-electron chi connectivity index (χ4n) is 3.84. The van der Waals surface area contributed by atoms with E-state index in [0.717, 1.165) is 12.8 Å². The molecule has 2 N–H and O–H groups in total. The second-order valence-corrected chi connectivity index (χ2v) is 5.96. The molecule has 19 heavy (non-hydrogen) atoms. The third-order valence-electron chi connectivity index (χ3n) is 4.74. The number of fused-ring (bicyclic) bond motifs is 1. The van der Waals surface area contributed by atoms with Crippen LogP contribution in [0.5, 0.6) is 0 Å². The lowest BCUT2D eigenvalue weighted by atomic mass is 9.75. The van der Waals surface area contributed by atoms with Crippen molar-refractivity contribution in [3.05, 3.63) is 35.9 Å². The largest absolute Gasteiger partial charge is 0.480 e. The second kappa shape index (κ2) is 5.33. The van der Waals surface area contributed by atoms with Gasteiger partial charge in [0.25, 0.3) is 0 Å². The molecule has 1 aromatic rings. The number of carboxylic acids is 1. The minimum Gasteiger partial charge on any atom is -0.480 e. The fourth-order valence-corrected chi connectivity index (χ4v) is 3.84. The lowest BCUT2D eigenvalue weighted by Crippen LogP contribution is -2.43. The molecular weight excluding hydrogens is 238 g/mol. The van der Waals surface area contributed by atoms with Crippen molar-refractivity contribution in [3.63, 3.8) is 0 Å². The molecule has 3 heteroatoms. The molecule has 0 radical (unpaired) electrons. The van der Waals surface area contributed by atoms with E-state index in [0.29, 0.717) is 17.9 Å². The van der Waals surface area contributed by atoms with Gasteiger partial charge in [-0.3, -0.25) is 4.79 Å². The summed E-state index contributed by atoms with van der Waals surface area (Å²) >= 11 is 0. The highest BCUT2D eigenvalue weighted by molar-refractivity contribution is 5.74. The molecule has 102 valence electrons. The van der Waals surface area contributed by atoms with Crippen LogP contribution in [-0.2, 0) is 11.2 Å². The maximum Gasteiger partial charge on any atom is 0.320 e. The zero-order valence-electron chi connectivity index (χ0n) is 11.1. The van der Waals surface area contributed by atoms with Crippen LogP contribution in [0.15, 0.2) is 30.3 Å². The number of hydrogen-bond acceptors (Lipinski definition) is 2. The molecule has 1 aliphatic heterocycles. The maximum absolute atomic E-state index is 11.1. The number of rotatable bonds is 3. The number of hydrogen-bond donors (Lipinski definition) is 2. The molecule has 3 rings (SSSR count). The van der Waals surface area contributed by atoms with Crippen LogP contribution >= 0.6 is 0 Å². The van der Waals surface area contributed by atoms with Gasteiger partial charge < -0.3 is 10.4 Å². The number of benzene rings is 1. The van der Waals surface area contributed by atoms with Crippen LogP contribution in [0.1, 0.15) is 31.2 Å². The van der Waals surface area contributed by atoms with Gasteiger partial charge in [0.1, 0.15) is 6.04 Å². The Bertz CT molecular complexity index is 445. The van der Waals surface area contributed by atoms with E-state index in [1.165, 1.54) is 24.8 Å². The van der Waals surface area contributed by atoms with Gasteiger partial charge in [0, 0.05) is 6.04 Å². The van der Waals surface area contributed by atoms with Crippen LogP contribution in [0.4, 0.5) is 0 Å². The van der Waals surface area contributed by atoms with Gasteiger partial charge in [0.05, 0.1) is 0 Å². The maximum atomic E-state index is 11.1. The molecule has 1 saturated carbocycles. The van der Waals surface area contributed by atoms with Gasteiger partial charge in [-0.05, 0) is 43.1 Å². The SMILES string of the molecule is O=C(O)[C@@H]1C[C@H]2CCC[C@@H](Cc3ccccc3)C2N1. The van der Waals surface area contributed by atoms with E-state index in [2.05, 4.69) is 29.6 Å². The summed E-state index contributed by atoms with van der Waals surface area (Å²) in [6, 6.07) is 10.6. The Morgan fingerprint density at radius 1 is 1.26 bits per heavy atom. The smallest absolute Gasteiger partial charge is 0.320 e. The first-order valence-corrected chi connectivity index (χ1v) is 7.27. The lowest BCUT2D eigenvalue weighted by Gasteiger charge is -2.33. The predicted molar refractivity (Wildman–Crippen MR) is 73.9 cm³/mol. The Balaban J connectivity index is 1.70. The van der Waals surface area contributed by atoms with E-state index in [4.69, 9.17) is 0 Å². The van der Waals surface area contributed by atoms with Crippen molar-refractivity contribution in [1.82, 2.24) is 5.32 Å². The summed E-state index contributed by atoms with van der Waals surface area (Å²) < 4.78 is 0. The molecule has 1 saturated heterocycles. The molecule has 0 bridgehead atoms. The molecule has 1 unspecified atom stereocenters. The summed E-state index contributed by atoms with van der Waals surface area (Å²) in [7, 11) is 0. The van der Waals surface area contributed by atoms with E-state index < -0.39 is 5.97 Å². The van der Waals surface area contributed by atoms with Gasteiger partial charge in [-0.15, -0.1) is 0 Å². The third kappa shape index (κ3) is 2.66. The first-order valence-electron chi connectivity index (χ1n) is 7.27. The van der Waals surface area contributed by atoms with Crippen molar-refractivity contribution >= 4 is 5.97 Å². The van der Waals surface area contributed by atoms with Gasteiger partial charge in [-0.2, -0.15) is 0 Å². The third-order valence-corrected chi connectivity index (χ3v) is 4.74. The minimum atomic E-state index is -0.687. The molecule has 2 fully saturated rings. The van der Waals surface area contributed by atoms with Crippen molar-refractivity contribution in [2.75, 3.05) is 0 Å². The number of carbonyl (C=O) groups is 1. The molecule has 1 heterocycles. The highest BCUT2D eigenvalue weighted by Gasteiger charge is 2.42. The Morgan fingerprint density at radius 3 is 2.79 bits per heavy atom. The fraction of sp³-hybridized carbons (Fsp3) is 0.562. The molecule has 2 aliphatic rings. The summed E-state index contributed by atoms with van der Waals surface area (Å²) in [5.41, 5.74) is 1.37. The van der Waals surface area contributed by atoms with Crippen LogP contribution in [0.3, 0.4) is 0 Å². The second-order valence-electron chi connectivity index (χ2n) is 5.96. The Labute approximate surface area is 114 Å². The van der Waals surface area contributed by atoms with Crippen molar-refractivity contribution in [2.45, 2.75) is 44.2 Å². The lowest BCUT2D eigenvalue weighted by molar-refractivity contribution is -0.139. The summed E-state index contributed by atoms with van der Waals surface area (Å²) in [6.45, 7) is 0.